The minimum absolute atomic E-state index is 0.305. The summed E-state index contributed by atoms with van der Waals surface area (Å²) in [5.41, 5.74) is 9.26. The number of hydrogen-bond donors (Lipinski definition) is 3. The number of nitrogens with one attached hydrogen (secondary N) is 2. The van der Waals surface area contributed by atoms with Crippen LogP contribution in [0.1, 0.15) is 22.3 Å². The Morgan fingerprint density at radius 3 is 1.83 bits per heavy atom. The van der Waals surface area contributed by atoms with Crippen molar-refractivity contribution in [3.8, 4) is 0 Å². The Balaban J connectivity index is 2.38. The normalized spacial score (nSPS) is 11.2. The highest BCUT2D eigenvalue weighted by molar-refractivity contribution is 7.92. The second-order valence-electron chi connectivity index (χ2n) is 5.76. The van der Waals surface area contributed by atoms with E-state index in [0.717, 1.165) is 22.3 Å². The number of carbonyl (C=O) groups is 1. The van der Waals surface area contributed by atoms with Gasteiger partial charge in [0.05, 0.1) is 4.90 Å². The summed E-state index contributed by atoms with van der Waals surface area (Å²) in [6.45, 7) is 7.39. The Kier molecular flexibility index (Phi) is 4.84. The lowest BCUT2D eigenvalue weighted by atomic mass is 10.0. The molecule has 6 nitrogen and oxygen atoms in total. The fourth-order valence-corrected chi connectivity index (χ4v) is 4.23. The molecule has 0 heterocycles. The number of carbonyl (C=O) groups excluding carboxylic acids is 1. The van der Waals surface area contributed by atoms with Crippen molar-refractivity contribution in [1.82, 2.24) is 0 Å². The molecule has 4 N–H and O–H groups in total. The third kappa shape index (κ3) is 3.68. The Hall–Kier alpha value is -2.54. The van der Waals surface area contributed by atoms with Crippen LogP contribution >= 0.6 is 0 Å². The number of urea groups is 1. The van der Waals surface area contributed by atoms with Gasteiger partial charge in [-0.15, -0.1) is 0 Å². The number of aryl methyl sites for hydroxylation is 2. The van der Waals surface area contributed by atoms with E-state index in [1.165, 1.54) is 0 Å². The first kappa shape index (κ1) is 17.8. The molecule has 24 heavy (non-hydrogen) atoms. The molecular formula is C17H21N3O3S. The van der Waals surface area contributed by atoms with Gasteiger partial charge >= 0.3 is 6.03 Å². The van der Waals surface area contributed by atoms with Gasteiger partial charge in [-0.25, -0.2) is 13.2 Å². The standard InChI is InChI=1S/C17H21N3O3S/c1-10-9-11(2)13(4)16(12(10)3)24(22,23)20-15-7-5-14(6-8-15)19-17(18)21/h5-9,20H,1-4H3,(H3,18,19,21). The summed E-state index contributed by atoms with van der Waals surface area (Å²) in [4.78, 5) is 11.1. The zero-order valence-electron chi connectivity index (χ0n) is 14.1. The number of sulfonamides is 1. The van der Waals surface area contributed by atoms with E-state index in [0.29, 0.717) is 16.3 Å². The lowest BCUT2D eigenvalue weighted by Crippen LogP contribution is -2.19. The first-order valence-electron chi connectivity index (χ1n) is 7.38. The topological polar surface area (TPSA) is 101 Å². The number of amides is 2. The maximum Gasteiger partial charge on any atom is 0.316 e. The largest absolute Gasteiger partial charge is 0.351 e. The van der Waals surface area contributed by atoms with Crippen LogP contribution < -0.4 is 15.8 Å². The smallest absolute Gasteiger partial charge is 0.316 e. The minimum atomic E-state index is -3.72. The highest BCUT2D eigenvalue weighted by Gasteiger charge is 2.22. The van der Waals surface area contributed by atoms with E-state index in [1.54, 1.807) is 38.1 Å². The van der Waals surface area contributed by atoms with Crippen molar-refractivity contribution in [2.24, 2.45) is 5.73 Å². The van der Waals surface area contributed by atoms with Gasteiger partial charge in [-0.05, 0) is 74.2 Å². The van der Waals surface area contributed by atoms with Crippen LogP contribution in [-0.4, -0.2) is 14.4 Å². The average molecular weight is 347 g/mol. The number of nitrogens with two attached hydrogens (primary N) is 1. The van der Waals surface area contributed by atoms with Crippen LogP contribution in [0, 0.1) is 27.7 Å². The first-order valence-corrected chi connectivity index (χ1v) is 8.87. The van der Waals surface area contributed by atoms with Crippen molar-refractivity contribution < 1.29 is 13.2 Å². The van der Waals surface area contributed by atoms with Gasteiger partial charge in [0.1, 0.15) is 0 Å². The van der Waals surface area contributed by atoms with Crippen molar-refractivity contribution >= 4 is 27.4 Å². The van der Waals surface area contributed by atoms with Gasteiger partial charge in [0, 0.05) is 11.4 Å². The maximum atomic E-state index is 12.8. The summed E-state index contributed by atoms with van der Waals surface area (Å²) in [6.07, 6.45) is 0. The molecule has 0 aliphatic carbocycles. The number of hydrogen-bond acceptors (Lipinski definition) is 3. The Bertz CT molecular complexity index is 862. The quantitative estimate of drug-likeness (QED) is 0.791. The molecule has 2 aromatic rings. The fourth-order valence-electron chi connectivity index (χ4n) is 2.55. The molecule has 0 aromatic heterocycles. The zero-order chi connectivity index (χ0) is 18.1. The van der Waals surface area contributed by atoms with E-state index >= 15 is 0 Å². The van der Waals surface area contributed by atoms with Crippen LogP contribution in [0.15, 0.2) is 35.2 Å². The summed E-state index contributed by atoms with van der Waals surface area (Å²) in [5.74, 6) is 0. The van der Waals surface area contributed by atoms with Gasteiger partial charge in [-0.2, -0.15) is 0 Å². The Morgan fingerprint density at radius 1 is 0.917 bits per heavy atom. The third-order valence-electron chi connectivity index (χ3n) is 3.97. The van der Waals surface area contributed by atoms with Crippen LogP contribution in [0.5, 0.6) is 0 Å². The van der Waals surface area contributed by atoms with Crippen LogP contribution in [0.25, 0.3) is 0 Å². The molecule has 0 saturated carbocycles. The Labute approximate surface area is 142 Å². The molecule has 0 saturated heterocycles. The Morgan fingerprint density at radius 2 is 1.38 bits per heavy atom. The van der Waals surface area contributed by atoms with Crippen molar-refractivity contribution in [2.45, 2.75) is 32.6 Å². The molecule has 2 rings (SSSR count). The first-order chi connectivity index (χ1) is 11.1. The summed E-state index contributed by atoms with van der Waals surface area (Å²) >= 11 is 0. The minimum Gasteiger partial charge on any atom is -0.351 e. The fraction of sp³-hybridized carbons (Fsp3) is 0.235. The van der Waals surface area contributed by atoms with Crippen LogP contribution in [0.4, 0.5) is 16.2 Å². The predicted octanol–water partition coefficient (Wildman–Crippen LogP) is 3.21. The van der Waals surface area contributed by atoms with E-state index in [1.807, 2.05) is 19.9 Å². The van der Waals surface area contributed by atoms with Gasteiger partial charge in [-0.1, -0.05) is 6.07 Å². The SMILES string of the molecule is Cc1cc(C)c(C)c(S(=O)(=O)Nc2ccc(NC(N)=O)cc2)c1C. The van der Waals surface area contributed by atoms with Gasteiger partial charge < -0.3 is 11.1 Å². The van der Waals surface area contributed by atoms with Crippen molar-refractivity contribution in [3.05, 3.63) is 52.6 Å². The lowest BCUT2D eigenvalue weighted by Gasteiger charge is -2.17. The van der Waals surface area contributed by atoms with Gasteiger partial charge in [-0.3, -0.25) is 4.72 Å². The second-order valence-corrected chi connectivity index (χ2v) is 7.38. The lowest BCUT2D eigenvalue weighted by molar-refractivity contribution is 0.259. The van der Waals surface area contributed by atoms with Crippen LogP contribution in [-0.2, 0) is 10.0 Å². The molecule has 0 spiro atoms. The monoisotopic (exact) mass is 347 g/mol. The molecule has 0 unspecified atom stereocenters. The molecule has 7 heteroatoms. The van der Waals surface area contributed by atoms with Gasteiger partial charge in [0.15, 0.2) is 0 Å². The van der Waals surface area contributed by atoms with Crippen LogP contribution in [0.3, 0.4) is 0 Å². The summed E-state index contributed by atoms with van der Waals surface area (Å²) in [6, 6.07) is 7.58. The average Bonchev–Trinajstić information content (AvgIpc) is 2.46. The van der Waals surface area contributed by atoms with E-state index in [9.17, 15) is 13.2 Å². The molecule has 0 fully saturated rings. The van der Waals surface area contributed by atoms with E-state index in [2.05, 4.69) is 10.0 Å². The molecule has 2 amide bonds. The summed E-state index contributed by atoms with van der Waals surface area (Å²) in [5, 5.41) is 2.42. The molecule has 0 aliphatic heterocycles. The van der Waals surface area contributed by atoms with Crippen molar-refractivity contribution in [3.63, 3.8) is 0 Å². The van der Waals surface area contributed by atoms with Gasteiger partial charge in [0.25, 0.3) is 10.0 Å². The molecule has 2 aromatic carbocycles. The summed E-state index contributed by atoms with van der Waals surface area (Å²) < 4.78 is 28.2. The number of benzene rings is 2. The van der Waals surface area contributed by atoms with Crippen LogP contribution in [0.2, 0.25) is 0 Å². The molecule has 0 atom stereocenters. The third-order valence-corrected chi connectivity index (χ3v) is 5.62. The molecule has 0 bridgehead atoms. The number of rotatable bonds is 4. The van der Waals surface area contributed by atoms with Crippen molar-refractivity contribution in [1.29, 1.82) is 0 Å². The number of primary amides is 1. The van der Waals surface area contributed by atoms with Crippen molar-refractivity contribution in [2.75, 3.05) is 10.0 Å². The van der Waals surface area contributed by atoms with E-state index < -0.39 is 16.1 Å². The molecule has 128 valence electrons. The highest BCUT2D eigenvalue weighted by atomic mass is 32.2. The second kappa shape index (κ2) is 6.52. The zero-order valence-corrected chi connectivity index (χ0v) is 14.9. The maximum absolute atomic E-state index is 12.8. The van der Waals surface area contributed by atoms with Gasteiger partial charge in [0.2, 0.25) is 0 Å². The summed E-state index contributed by atoms with van der Waals surface area (Å²) in [7, 11) is -3.72. The number of anilines is 2. The molecular weight excluding hydrogens is 326 g/mol. The van der Waals surface area contributed by atoms with E-state index in [-0.39, 0.29) is 0 Å². The molecule has 0 radical (unpaired) electrons. The predicted molar refractivity (Wildman–Crippen MR) is 95.8 cm³/mol. The highest BCUT2D eigenvalue weighted by Crippen LogP contribution is 2.28. The molecule has 0 aliphatic rings. The van der Waals surface area contributed by atoms with E-state index in [4.69, 9.17) is 5.73 Å².